The first-order valence-corrected chi connectivity index (χ1v) is 16.8. The quantitative estimate of drug-likeness (QED) is 0.155. The van der Waals surface area contributed by atoms with Crippen molar-refractivity contribution in [1.29, 1.82) is 0 Å². The molecule has 4 heterocycles. The highest BCUT2D eigenvalue weighted by molar-refractivity contribution is 5.89. The standard InChI is InChI=1S/C40H41NO7/c42-38(48-37-25-41-18-16-31(37)17-19-41)24-36(30-7-2-1-3-8-30)33-9-5-11-35(23-33)46-26-28-12-14-32(15-13-28)39(43)47-27-29-6-4-10-34(22-29)40-44-20-21-45-40/h1-15,22-23,31,36-37,40H,16-21,24-27H2/t36-,37-/m0/s1. The number of nitrogens with zero attached hydrogens (tertiary/aromatic N) is 1. The molecule has 8 nitrogen and oxygen atoms in total. The van der Waals surface area contributed by atoms with Crippen LogP contribution in [0.25, 0.3) is 0 Å². The highest BCUT2D eigenvalue weighted by Gasteiger charge is 2.37. The first-order valence-electron chi connectivity index (χ1n) is 16.8. The number of carbonyl (C=O) groups excluding carboxylic acids is 2. The lowest BCUT2D eigenvalue weighted by Gasteiger charge is -2.44. The maximum Gasteiger partial charge on any atom is 0.338 e. The van der Waals surface area contributed by atoms with Gasteiger partial charge in [-0.25, -0.2) is 4.79 Å². The van der Waals surface area contributed by atoms with Crippen LogP contribution in [0.15, 0.2) is 103 Å². The van der Waals surface area contributed by atoms with Crippen LogP contribution < -0.4 is 4.74 Å². The molecule has 4 aromatic rings. The lowest BCUT2D eigenvalue weighted by atomic mass is 9.85. The molecule has 0 radical (unpaired) electrons. The molecular weight excluding hydrogens is 606 g/mol. The molecule has 0 amide bonds. The van der Waals surface area contributed by atoms with Crippen LogP contribution in [0.3, 0.4) is 0 Å². The van der Waals surface area contributed by atoms with E-state index < -0.39 is 5.97 Å². The fraction of sp³-hybridized carbons (Fsp3) is 0.350. The highest BCUT2D eigenvalue weighted by atomic mass is 16.7. The summed E-state index contributed by atoms with van der Waals surface area (Å²) in [5.41, 5.74) is 5.22. The van der Waals surface area contributed by atoms with Crippen LogP contribution >= 0.6 is 0 Å². The number of piperidine rings is 3. The van der Waals surface area contributed by atoms with Crippen LogP contribution in [0.2, 0.25) is 0 Å². The van der Waals surface area contributed by atoms with Crippen LogP contribution in [-0.4, -0.2) is 55.8 Å². The molecule has 8 rings (SSSR count). The van der Waals surface area contributed by atoms with Crippen LogP contribution in [0.4, 0.5) is 0 Å². The number of ether oxygens (including phenoxy) is 5. The third-order valence-electron chi connectivity index (χ3n) is 9.52. The van der Waals surface area contributed by atoms with Gasteiger partial charge in [0, 0.05) is 18.0 Å². The smallest absolute Gasteiger partial charge is 0.338 e. The molecule has 2 bridgehead atoms. The largest absolute Gasteiger partial charge is 0.489 e. The molecule has 4 fully saturated rings. The van der Waals surface area contributed by atoms with Gasteiger partial charge in [-0.3, -0.25) is 9.69 Å². The topological polar surface area (TPSA) is 83.5 Å². The van der Waals surface area contributed by atoms with E-state index in [4.69, 9.17) is 23.7 Å². The molecule has 4 aliphatic rings. The third-order valence-corrected chi connectivity index (χ3v) is 9.52. The molecular formula is C40H41NO7. The zero-order valence-electron chi connectivity index (χ0n) is 27.0. The van der Waals surface area contributed by atoms with Crippen molar-refractivity contribution in [3.63, 3.8) is 0 Å². The van der Waals surface area contributed by atoms with E-state index in [1.807, 2.05) is 78.9 Å². The SMILES string of the molecule is O=C(C[C@@H](c1ccccc1)c1cccc(OCc2ccc(C(=O)OCc3cccc(C4OCCO4)c3)cc2)c1)O[C@H]1CN2CCC1CC2. The van der Waals surface area contributed by atoms with Crippen molar-refractivity contribution >= 4 is 11.9 Å². The Morgan fingerprint density at radius 3 is 2.27 bits per heavy atom. The van der Waals surface area contributed by atoms with Crippen molar-refractivity contribution in [1.82, 2.24) is 4.90 Å². The molecule has 0 unspecified atom stereocenters. The summed E-state index contributed by atoms with van der Waals surface area (Å²) < 4.78 is 29.0. The summed E-state index contributed by atoms with van der Waals surface area (Å²) in [5.74, 6) is 0.474. The van der Waals surface area contributed by atoms with Gasteiger partial charge in [-0.2, -0.15) is 0 Å². The van der Waals surface area contributed by atoms with E-state index in [2.05, 4.69) is 17.0 Å². The number of fused-ring (bicyclic) bond motifs is 3. The van der Waals surface area contributed by atoms with E-state index in [0.29, 0.717) is 37.1 Å². The number of esters is 2. The van der Waals surface area contributed by atoms with Crippen molar-refractivity contribution in [2.75, 3.05) is 32.8 Å². The Labute approximate surface area is 281 Å². The van der Waals surface area contributed by atoms with Crippen molar-refractivity contribution in [2.45, 2.75) is 50.8 Å². The van der Waals surface area contributed by atoms with E-state index in [-0.39, 0.29) is 37.3 Å². The number of benzene rings is 4. The fourth-order valence-corrected chi connectivity index (χ4v) is 6.88. The Hall–Kier alpha value is -4.50. The Morgan fingerprint density at radius 1 is 0.771 bits per heavy atom. The Morgan fingerprint density at radius 2 is 1.52 bits per heavy atom. The van der Waals surface area contributed by atoms with E-state index >= 15 is 0 Å². The third kappa shape index (κ3) is 7.96. The van der Waals surface area contributed by atoms with Gasteiger partial charge in [0.15, 0.2) is 6.29 Å². The van der Waals surface area contributed by atoms with Gasteiger partial charge < -0.3 is 23.7 Å². The lowest BCUT2D eigenvalue weighted by Crippen LogP contribution is -2.52. The average Bonchev–Trinajstić information content (AvgIpc) is 3.69. The molecule has 2 atom stereocenters. The molecule has 4 aliphatic heterocycles. The minimum absolute atomic E-state index is 0.0104. The fourth-order valence-electron chi connectivity index (χ4n) is 6.88. The second-order valence-corrected chi connectivity index (χ2v) is 12.8. The Kier molecular flexibility index (Phi) is 10.1. The summed E-state index contributed by atoms with van der Waals surface area (Å²) in [7, 11) is 0. The van der Waals surface area contributed by atoms with Gasteiger partial charge in [0.1, 0.15) is 25.1 Å². The van der Waals surface area contributed by atoms with Crippen molar-refractivity contribution in [3.8, 4) is 5.75 Å². The number of rotatable bonds is 12. The summed E-state index contributed by atoms with van der Waals surface area (Å²) in [6, 6.07) is 33.0. The summed E-state index contributed by atoms with van der Waals surface area (Å²) in [6.07, 6.45) is 2.10. The first kappa shape index (κ1) is 32.1. The normalized spacial score (nSPS) is 21.0. The predicted octanol–water partition coefficient (Wildman–Crippen LogP) is 6.83. The first-order chi connectivity index (χ1) is 23.6. The molecule has 248 valence electrons. The van der Waals surface area contributed by atoms with E-state index in [0.717, 1.165) is 60.3 Å². The van der Waals surface area contributed by atoms with Gasteiger partial charge >= 0.3 is 11.9 Å². The molecule has 4 aromatic carbocycles. The number of hydrogen-bond acceptors (Lipinski definition) is 8. The van der Waals surface area contributed by atoms with E-state index in [1.165, 1.54) is 0 Å². The molecule has 4 saturated heterocycles. The molecule has 0 spiro atoms. The van der Waals surface area contributed by atoms with Crippen LogP contribution in [0, 0.1) is 5.92 Å². The Balaban J connectivity index is 0.948. The van der Waals surface area contributed by atoms with Gasteiger partial charge in [0.2, 0.25) is 0 Å². The monoisotopic (exact) mass is 647 g/mol. The van der Waals surface area contributed by atoms with Gasteiger partial charge in [0.05, 0.1) is 25.2 Å². The summed E-state index contributed by atoms with van der Waals surface area (Å²) >= 11 is 0. The second kappa shape index (κ2) is 15.2. The van der Waals surface area contributed by atoms with E-state index in [1.54, 1.807) is 12.1 Å². The van der Waals surface area contributed by atoms with E-state index in [9.17, 15) is 9.59 Å². The minimum Gasteiger partial charge on any atom is -0.489 e. The lowest BCUT2D eigenvalue weighted by molar-refractivity contribution is -0.159. The highest BCUT2D eigenvalue weighted by Crippen LogP contribution is 2.34. The minimum atomic E-state index is -0.395. The molecule has 0 N–H and O–H groups in total. The molecule has 8 heteroatoms. The summed E-state index contributed by atoms with van der Waals surface area (Å²) in [4.78, 5) is 28.4. The maximum atomic E-state index is 13.3. The maximum absolute atomic E-state index is 13.3. The number of carbonyl (C=O) groups is 2. The average molecular weight is 648 g/mol. The van der Waals surface area contributed by atoms with Crippen LogP contribution in [0.5, 0.6) is 5.75 Å². The van der Waals surface area contributed by atoms with Crippen LogP contribution in [0.1, 0.15) is 69.6 Å². The van der Waals surface area contributed by atoms with Gasteiger partial charge in [-0.15, -0.1) is 0 Å². The van der Waals surface area contributed by atoms with Gasteiger partial charge in [0.25, 0.3) is 0 Å². The van der Waals surface area contributed by atoms with Crippen molar-refractivity contribution in [3.05, 3.63) is 137 Å². The van der Waals surface area contributed by atoms with Gasteiger partial charge in [-0.05, 0) is 84.4 Å². The second-order valence-electron chi connectivity index (χ2n) is 12.8. The zero-order valence-corrected chi connectivity index (χ0v) is 27.0. The summed E-state index contributed by atoms with van der Waals surface area (Å²) in [6.45, 7) is 4.69. The molecule has 0 aromatic heterocycles. The molecule has 48 heavy (non-hydrogen) atoms. The van der Waals surface area contributed by atoms with Crippen LogP contribution in [-0.2, 0) is 37.0 Å². The summed E-state index contributed by atoms with van der Waals surface area (Å²) in [5, 5.41) is 0. The predicted molar refractivity (Wildman–Crippen MR) is 179 cm³/mol. The Bertz CT molecular complexity index is 1680. The molecule has 0 saturated carbocycles. The van der Waals surface area contributed by atoms with Gasteiger partial charge in [-0.1, -0.05) is 72.8 Å². The van der Waals surface area contributed by atoms with Crippen molar-refractivity contribution in [2.24, 2.45) is 5.92 Å². The zero-order chi connectivity index (χ0) is 32.7. The van der Waals surface area contributed by atoms with Crippen molar-refractivity contribution < 1.29 is 33.3 Å². The number of hydrogen-bond donors (Lipinski definition) is 0. The molecule has 0 aliphatic carbocycles.